The number of H-pyrrole nitrogens is 1. The van der Waals surface area contributed by atoms with E-state index in [9.17, 15) is 19.2 Å². The normalized spacial score (nSPS) is 13.7. The van der Waals surface area contributed by atoms with E-state index in [4.69, 9.17) is 0 Å². The van der Waals surface area contributed by atoms with Gasteiger partial charge in [0.15, 0.2) is 0 Å². The summed E-state index contributed by atoms with van der Waals surface area (Å²) in [5, 5.41) is 9.25. The Morgan fingerprint density at radius 1 is 1.06 bits per heavy atom. The van der Waals surface area contributed by atoms with E-state index in [1.807, 2.05) is 42.2 Å². The van der Waals surface area contributed by atoms with Crippen molar-refractivity contribution in [2.24, 2.45) is 0 Å². The fraction of sp³-hybridized carbons (Fsp3) is 0.208. The number of hydrogen-bond acceptors (Lipinski definition) is 4. The van der Waals surface area contributed by atoms with Crippen molar-refractivity contribution in [3.8, 4) is 17.3 Å². The number of aryl methyl sites for hydroxylation is 1. The van der Waals surface area contributed by atoms with Gasteiger partial charge in [-0.05, 0) is 42.8 Å². The maximum atomic E-state index is 13.9. The topological polar surface area (TPSA) is 80.2 Å². The van der Waals surface area contributed by atoms with Crippen molar-refractivity contribution in [1.29, 1.82) is 5.26 Å². The number of aromatic nitrogens is 1. The molecule has 7 heteroatoms. The molecule has 0 radical (unpaired) electrons. The van der Waals surface area contributed by atoms with Crippen LogP contribution in [0.2, 0.25) is 0 Å². The lowest BCUT2D eigenvalue weighted by Crippen LogP contribution is -2.49. The molecule has 0 spiro atoms. The monoisotopic (exact) mass is 416 g/mol. The van der Waals surface area contributed by atoms with Crippen LogP contribution in [0.15, 0.2) is 59.4 Å². The van der Waals surface area contributed by atoms with Gasteiger partial charge in [0, 0.05) is 31.9 Å². The first-order valence-corrected chi connectivity index (χ1v) is 10.0. The van der Waals surface area contributed by atoms with E-state index in [-0.39, 0.29) is 17.0 Å². The van der Waals surface area contributed by atoms with Crippen LogP contribution in [0.4, 0.5) is 10.1 Å². The predicted molar refractivity (Wildman–Crippen MR) is 116 cm³/mol. The van der Waals surface area contributed by atoms with Crippen molar-refractivity contribution >= 4 is 11.6 Å². The molecule has 156 valence electrons. The van der Waals surface area contributed by atoms with Gasteiger partial charge in [-0.1, -0.05) is 29.8 Å². The Hall–Kier alpha value is -3.92. The number of carbonyl (C=O) groups excluding carboxylic acids is 1. The van der Waals surface area contributed by atoms with Gasteiger partial charge < -0.3 is 14.8 Å². The van der Waals surface area contributed by atoms with Gasteiger partial charge in [-0.3, -0.25) is 9.59 Å². The minimum atomic E-state index is -0.557. The summed E-state index contributed by atoms with van der Waals surface area (Å²) in [6, 6.07) is 17.5. The number of nitrogens with zero attached hydrogens (tertiary/aromatic N) is 3. The SMILES string of the molecule is Cc1cccc(-c2ccc(C(=O)N3CCN(c4cccc(F)c4C#N)CC3)c(=O)[nH]2)c1. The largest absolute Gasteiger partial charge is 0.367 e. The Balaban J connectivity index is 1.49. The molecule has 0 bridgehead atoms. The summed E-state index contributed by atoms with van der Waals surface area (Å²) in [5.41, 5.74) is 2.81. The molecule has 4 rings (SSSR count). The molecule has 1 amide bonds. The van der Waals surface area contributed by atoms with E-state index in [0.29, 0.717) is 37.6 Å². The first kappa shape index (κ1) is 20.4. The molecular formula is C24H21FN4O2. The quantitative estimate of drug-likeness (QED) is 0.710. The van der Waals surface area contributed by atoms with Gasteiger partial charge in [0.25, 0.3) is 11.5 Å². The molecule has 0 aliphatic carbocycles. The zero-order valence-electron chi connectivity index (χ0n) is 17.1. The zero-order chi connectivity index (χ0) is 22.0. The van der Waals surface area contributed by atoms with Gasteiger partial charge in [0.2, 0.25) is 0 Å². The second kappa shape index (κ2) is 8.44. The van der Waals surface area contributed by atoms with Crippen molar-refractivity contribution in [3.05, 3.63) is 87.5 Å². The molecule has 31 heavy (non-hydrogen) atoms. The number of pyridine rings is 1. The van der Waals surface area contributed by atoms with Crippen LogP contribution in [0.5, 0.6) is 0 Å². The van der Waals surface area contributed by atoms with Crippen LogP contribution in [0, 0.1) is 24.1 Å². The molecule has 1 saturated heterocycles. The van der Waals surface area contributed by atoms with Gasteiger partial charge in [-0.2, -0.15) is 5.26 Å². The van der Waals surface area contributed by atoms with Crippen LogP contribution in [-0.2, 0) is 0 Å². The van der Waals surface area contributed by atoms with Crippen molar-refractivity contribution in [3.63, 3.8) is 0 Å². The van der Waals surface area contributed by atoms with E-state index in [2.05, 4.69) is 4.98 Å². The van der Waals surface area contributed by atoms with E-state index in [1.54, 1.807) is 29.2 Å². The maximum Gasteiger partial charge on any atom is 0.261 e. The zero-order valence-corrected chi connectivity index (χ0v) is 17.1. The molecule has 0 unspecified atom stereocenters. The molecule has 0 atom stereocenters. The first-order chi connectivity index (χ1) is 15.0. The van der Waals surface area contributed by atoms with E-state index < -0.39 is 11.4 Å². The fourth-order valence-electron chi connectivity index (χ4n) is 3.83. The van der Waals surface area contributed by atoms with E-state index >= 15 is 0 Å². The highest BCUT2D eigenvalue weighted by Crippen LogP contribution is 2.24. The molecule has 2 aromatic carbocycles. The van der Waals surface area contributed by atoms with Gasteiger partial charge >= 0.3 is 0 Å². The standard InChI is InChI=1S/C24H21FN4O2/c1-16-4-2-5-17(14-16)21-9-8-18(23(30)27-21)24(31)29-12-10-28(11-13-29)22-7-3-6-20(25)19(22)15-26/h2-9,14H,10-13H2,1H3,(H,27,30). The highest BCUT2D eigenvalue weighted by molar-refractivity contribution is 5.94. The third-order valence-corrected chi connectivity index (χ3v) is 5.48. The van der Waals surface area contributed by atoms with Gasteiger partial charge in [-0.25, -0.2) is 4.39 Å². The van der Waals surface area contributed by atoms with Crippen molar-refractivity contribution in [2.45, 2.75) is 6.92 Å². The molecule has 1 aliphatic rings. The molecule has 6 nitrogen and oxygen atoms in total. The molecule has 0 saturated carbocycles. The van der Waals surface area contributed by atoms with Crippen LogP contribution in [0.3, 0.4) is 0 Å². The number of halogens is 1. The molecule has 1 aliphatic heterocycles. The number of amides is 1. The smallest absolute Gasteiger partial charge is 0.261 e. The lowest BCUT2D eigenvalue weighted by atomic mass is 10.1. The third-order valence-electron chi connectivity index (χ3n) is 5.48. The minimum Gasteiger partial charge on any atom is -0.367 e. The van der Waals surface area contributed by atoms with Crippen molar-refractivity contribution < 1.29 is 9.18 Å². The highest BCUT2D eigenvalue weighted by Gasteiger charge is 2.25. The maximum absolute atomic E-state index is 13.9. The Bertz CT molecular complexity index is 1240. The second-order valence-corrected chi connectivity index (χ2v) is 7.51. The Labute approximate surface area is 179 Å². The number of anilines is 1. The van der Waals surface area contributed by atoms with Gasteiger partial charge in [0.1, 0.15) is 23.0 Å². The van der Waals surface area contributed by atoms with E-state index in [0.717, 1.165) is 11.1 Å². The van der Waals surface area contributed by atoms with Crippen molar-refractivity contribution in [2.75, 3.05) is 31.1 Å². The fourth-order valence-corrected chi connectivity index (χ4v) is 3.83. The number of piperazine rings is 1. The second-order valence-electron chi connectivity index (χ2n) is 7.51. The molecule has 3 aromatic rings. The Morgan fingerprint density at radius 2 is 1.81 bits per heavy atom. The number of nitriles is 1. The summed E-state index contributed by atoms with van der Waals surface area (Å²) in [4.78, 5) is 31.8. The molecule has 1 fully saturated rings. The van der Waals surface area contributed by atoms with Crippen molar-refractivity contribution in [1.82, 2.24) is 9.88 Å². The molecule has 1 aromatic heterocycles. The third kappa shape index (κ3) is 4.05. The summed E-state index contributed by atoms with van der Waals surface area (Å²) in [5.74, 6) is -0.893. The average Bonchev–Trinajstić information content (AvgIpc) is 2.78. The van der Waals surface area contributed by atoms with Gasteiger partial charge in [0.05, 0.1) is 5.69 Å². The first-order valence-electron chi connectivity index (χ1n) is 10.0. The lowest BCUT2D eigenvalue weighted by molar-refractivity contribution is 0.0745. The van der Waals surface area contributed by atoms with Crippen LogP contribution in [-0.4, -0.2) is 42.0 Å². The average molecular weight is 416 g/mol. The number of aromatic amines is 1. The predicted octanol–water partition coefficient (Wildman–Crippen LogP) is 3.32. The molecule has 1 N–H and O–H groups in total. The van der Waals surface area contributed by atoms with Crippen LogP contribution < -0.4 is 10.5 Å². The highest BCUT2D eigenvalue weighted by atomic mass is 19.1. The number of nitrogens with one attached hydrogen (secondary N) is 1. The van der Waals surface area contributed by atoms with Crippen LogP contribution in [0.1, 0.15) is 21.5 Å². The summed E-state index contributed by atoms with van der Waals surface area (Å²) in [6.45, 7) is 3.62. The molecule has 2 heterocycles. The summed E-state index contributed by atoms with van der Waals surface area (Å²) >= 11 is 0. The number of benzene rings is 2. The lowest BCUT2D eigenvalue weighted by Gasteiger charge is -2.36. The van der Waals surface area contributed by atoms with Crippen LogP contribution >= 0.6 is 0 Å². The number of carbonyl (C=O) groups is 1. The summed E-state index contributed by atoms with van der Waals surface area (Å²) in [7, 11) is 0. The summed E-state index contributed by atoms with van der Waals surface area (Å²) in [6.07, 6.45) is 0. The van der Waals surface area contributed by atoms with Gasteiger partial charge in [-0.15, -0.1) is 0 Å². The number of rotatable bonds is 3. The molecular weight excluding hydrogens is 395 g/mol. The minimum absolute atomic E-state index is 0.00505. The van der Waals surface area contributed by atoms with Crippen LogP contribution in [0.25, 0.3) is 11.3 Å². The Morgan fingerprint density at radius 3 is 2.48 bits per heavy atom. The number of hydrogen-bond donors (Lipinski definition) is 1. The Kier molecular flexibility index (Phi) is 5.54. The van der Waals surface area contributed by atoms with E-state index in [1.165, 1.54) is 6.07 Å². The summed E-state index contributed by atoms with van der Waals surface area (Å²) < 4.78 is 13.9.